The zero-order chi connectivity index (χ0) is 14.8. The van der Waals surface area contributed by atoms with Gasteiger partial charge < -0.3 is 10.6 Å². The first-order chi connectivity index (χ1) is 10.1. The Labute approximate surface area is 129 Å². The third-order valence-corrected chi connectivity index (χ3v) is 4.08. The van der Waals surface area contributed by atoms with Crippen LogP contribution in [0.25, 0.3) is 0 Å². The lowest BCUT2D eigenvalue weighted by atomic mass is 10.0. The Kier molecular flexibility index (Phi) is 3.84. The van der Waals surface area contributed by atoms with Gasteiger partial charge in [0, 0.05) is 22.8 Å². The molecule has 4 heteroatoms. The van der Waals surface area contributed by atoms with E-state index in [1.54, 1.807) is 18.2 Å². The van der Waals surface area contributed by atoms with Crippen molar-refractivity contribution in [1.29, 1.82) is 0 Å². The van der Waals surface area contributed by atoms with Crippen molar-refractivity contribution in [3.8, 4) is 0 Å². The molecule has 2 aromatic carbocycles. The SMILES string of the molecule is Nc1cc(Cl)cc(C(=O)N2CCCC2c2ccccc2)c1. The molecular formula is C17H17ClN2O. The average molecular weight is 301 g/mol. The molecule has 2 N–H and O–H groups in total. The summed E-state index contributed by atoms with van der Waals surface area (Å²) >= 11 is 6.00. The molecule has 1 atom stereocenters. The van der Waals surface area contributed by atoms with E-state index in [0.29, 0.717) is 16.3 Å². The molecule has 0 bridgehead atoms. The lowest BCUT2D eigenvalue weighted by Crippen LogP contribution is -2.30. The van der Waals surface area contributed by atoms with Crippen molar-refractivity contribution in [2.24, 2.45) is 0 Å². The van der Waals surface area contributed by atoms with Crippen molar-refractivity contribution in [1.82, 2.24) is 4.90 Å². The lowest BCUT2D eigenvalue weighted by Gasteiger charge is -2.25. The van der Waals surface area contributed by atoms with E-state index in [0.717, 1.165) is 19.4 Å². The standard InChI is InChI=1S/C17H17ClN2O/c18-14-9-13(10-15(19)11-14)17(21)20-8-4-7-16(20)12-5-2-1-3-6-12/h1-3,5-6,9-11,16H,4,7-8,19H2. The van der Waals surface area contributed by atoms with Gasteiger partial charge in [-0.1, -0.05) is 41.9 Å². The molecule has 0 spiro atoms. The van der Waals surface area contributed by atoms with Crippen molar-refractivity contribution < 1.29 is 4.79 Å². The van der Waals surface area contributed by atoms with Crippen molar-refractivity contribution in [2.45, 2.75) is 18.9 Å². The maximum absolute atomic E-state index is 12.7. The summed E-state index contributed by atoms with van der Waals surface area (Å²) in [6.07, 6.45) is 2.01. The van der Waals surface area contributed by atoms with Crippen LogP contribution in [0.2, 0.25) is 5.02 Å². The number of hydrogen-bond donors (Lipinski definition) is 1. The predicted octanol–water partition coefficient (Wildman–Crippen LogP) is 3.90. The van der Waals surface area contributed by atoms with Crippen LogP contribution in [-0.2, 0) is 0 Å². The molecule has 1 unspecified atom stereocenters. The Morgan fingerprint density at radius 2 is 1.95 bits per heavy atom. The molecule has 3 rings (SSSR count). The highest BCUT2D eigenvalue weighted by Crippen LogP contribution is 2.33. The summed E-state index contributed by atoms with van der Waals surface area (Å²) in [4.78, 5) is 14.7. The van der Waals surface area contributed by atoms with Crippen molar-refractivity contribution in [3.05, 3.63) is 64.7 Å². The number of nitrogens with zero attached hydrogens (tertiary/aromatic N) is 1. The van der Waals surface area contributed by atoms with Crippen LogP contribution < -0.4 is 5.73 Å². The van der Waals surface area contributed by atoms with Crippen molar-refractivity contribution in [2.75, 3.05) is 12.3 Å². The highest BCUT2D eigenvalue weighted by atomic mass is 35.5. The van der Waals surface area contributed by atoms with Gasteiger partial charge in [0.1, 0.15) is 0 Å². The van der Waals surface area contributed by atoms with Gasteiger partial charge in [-0.2, -0.15) is 0 Å². The molecular weight excluding hydrogens is 284 g/mol. The Hall–Kier alpha value is -2.00. The highest BCUT2D eigenvalue weighted by molar-refractivity contribution is 6.31. The first-order valence-corrected chi connectivity index (χ1v) is 7.45. The van der Waals surface area contributed by atoms with Gasteiger partial charge in [0.25, 0.3) is 5.91 Å². The van der Waals surface area contributed by atoms with Gasteiger partial charge in [-0.3, -0.25) is 4.79 Å². The quantitative estimate of drug-likeness (QED) is 0.855. The highest BCUT2D eigenvalue weighted by Gasteiger charge is 2.30. The number of benzene rings is 2. The van der Waals surface area contributed by atoms with Gasteiger partial charge in [0.15, 0.2) is 0 Å². The van der Waals surface area contributed by atoms with Crippen LogP contribution in [0.15, 0.2) is 48.5 Å². The molecule has 1 saturated heterocycles. The predicted molar refractivity (Wildman–Crippen MR) is 85.3 cm³/mol. The number of carbonyl (C=O) groups excluding carboxylic acids is 1. The minimum Gasteiger partial charge on any atom is -0.399 e. The summed E-state index contributed by atoms with van der Waals surface area (Å²) < 4.78 is 0. The fourth-order valence-corrected chi connectivity index (χ4v) is 3.18. The Morgan fingerprint density at radius 3 is 2.67 bits per heavy atom. The summed E-state index contributed by atoms with van der Waals surface area (Å²) in [6.45, 7) is 0.769. The lowest BCUT2D eigenvalue weighted by molar-refractivity contribution is 0.0735. The molecule has 0 aromatic heterocycles. The van der Waals surface area contributed by atoms with Gasteiger partial charge in [-0.15, -0.1) is 0 Å². The summed E-state index contributed by atoms with van der Waals surface area (Å²) in [5, 5.41) is 0.494. The number of amides is 1. The van der Waals surface area contributed by atoms with E-state index >= 15 is 0 Å². The molecule has 1 aliphatic rings. The molecule has 21 heavy (non-hydrogen) atoms. The van der Waals surface area contributed by atoms with E-state index in [4.69, 9.17) is 17.3 Å². The largest absolute Gasteiger partial charge is 0.399 e. The van der Waals surface area contributed by atoms with E-state index in [1.807, 2.05) is 23.1 Å². The van der Waals surface area contributed by atoms with Gasteiger partial charge in [-0.05, 0) is 36.6 Å². The number of anilines is 1. The van der Waals surface area contributed by atoms with Crippen LogP contribution in [0.3, 0.4) is 0 Å². The second kappa shape index (κ2) is 5.78. The minimum absolute atomic E-state index is 0.00412. The van der Waals surface area contributed by atoms with E-state index in [2.05, 4.69) is 12.1 Å². The molecule has 1 amide bonds. The topological polar surface area (TPSA) is 46.3 Å². The zero-order valence-electron chi connectivity index (χ0n) is 11.6. The maximum atomic E-state index is 12.7. The molecule has 1 heterocycles. The Balaban J connectivity index is 1.90. The molecule has 0 aliphatic carbocycles. The second-order valence-electron chi connectivity index (χ2n) is 5.34. The van der Waals surface area contributed by atoms with Gasteiger partial charge in [0.05, 0.1) is 6.04 Å². The fourth-order valence-electron chi connectivity index (χ4n) is 2.93. The number of nitrogens with two attached hydrogens (primary N) is 1. The van der Waals surface area contributed by atoms with Gasteiger partial charge in [0.2, 0.25) is 0 Å². The van der Waals surface area contributed by atoms with Crippen LogP contribution in [0.5, 0.6) is 0 Å². The van der Waals surface area contributed by atoms with Crippen LogP contribution >= 0.6 is 11.6 Å². The summed E-state index contributed by atoms with van der Waals surface area (Å²) in [5.41, 5.74) is 8.04. The second-order valence-corrected chi connectivity index (χ2v) is 5.78. The first kappa shape index (κ1) is 14.0. The van der Waals surface area contributed by atoms with E-state index in [-0.39, 0.29) is 11.9 Å². The molecule has 3 nitrogen and oxygen atoms in total. The number of likely N-dealkylation sites (tertiary alicyclic amines) is 1. The average Bonchev–Trinajstić information content (AvgIpc) is 2.95. The zero-order valence-corrected chi connectivity index (χ0v) is 12.4. The summed E-state index contributed by atoms with van der Waals surface area (Å²) in [6, 6.07) is 15.3. The first-order valence-electron chi connectivity index (χ1n) is 7.07. The van der Waals surface area contributed by atoms with Crippen LogP contribution in [0.1, 0.15) is 34.8 Å². The molecule has 108 valence electrons. The maximum Gasteiger partial charge on any atom is 0.254 e. The monoisotopic (exact) mass is 300 g/mol. The number of carbonyl (C=O) groups is 1. The normalized spacial score (nSPS) is 18.0. The van der Waals surface area contributed by atoms with E-state index in [9.17, 15) is 4.79 Å². The molecule has 1 aliphatic heterocycles. The van der Waals surface area contributed by atoms with Crippen molar-refractivity contribution >= 4 is 23.2 Å². The van der Waals surface area contributed by atoms with E-state index < -0.39 is 0 Å². The third kappa shape index (κ3) is 2.88. The molecule has 1 fully saturated rings. The van der Waals surface area contributed by atoms with Crippen LogP contribution in [-0.4, -0.2) is 17.4 Å². The Bertz CT molecular complexity index is 637. The number of rotatable bonds is 2. The van der Waals surface area contributed by atoms with Gasteiger partial charge in [-0.25, -0.2) is 0 Å². The smallest absolute Gasteiger partial charge is 0.254 e. The molecule has 2 aromatic rings. The number of halogens is 1. The Morgan fingerprint density at radius 1 is 1.19 bits per heavy atom. The van der Waals surface area contributed by atoms with Crippen molar-refractivity contribution in [3.63, 3.8) is 0 Å². The van der Waals surface area contributed by atoms with Crippen LogP contribution in [0, 0.1) is 0 Å². The number of nitrogen functional groups attached to an aromatic ring is 1. The summed E-state index contributed by atoms with van der Waals surface area (Å²) in [7, 11) is 0. The fraction of sp³-hybridized carbons (Fsp3) is 0.235. The van der Waals surface area contributed by atoms with Gasteiger partial charge >= 0.3 is 0 Å². The summed E-state index contributed by atoms with van der Waals surface area (Å²) in [5.74, 6) is -0.00412. The molecule has 0 saturated carbocycles. The minimum atomic E-state index is -0.00412. The number of hydrogen-bond acceptors (Lipinski definition) is 2. The molecule has 0 radical (unpaired) electrons. The van der Waals surface area contributed by atoms with E-state index in [1.165, 1.54) is 5.56 Å². The third-order valence-electron chi connectivity index (χ3n) is 3.87. The van der Waals surface area contributed by atoms with Crippen LogP contribution in [0.4, 0.5) is 5.69 Å².